The van der Waals surface area contributed by atoms with Crippen molar-refractivity contribution < 1.29 is 0 Å². The van der Waals surface area contributed by atoms with Gasteiger partial charge in [-0.15, -0.1) is 0 Å². The van der Waals surface area contributed by atoms with Crippen LogP contribution in [0.3, 0.4) is 0 Å². The molecule has 0 aromatic carbocycles. The van der Waals surface area contributed by atoms with Crippen LogP contribution in [0.15, 0.2) is 6.07 Å². The molecule has 1 aliphatic carbocycles. The van der Waals surface area contributed by atoms with E-state index in [2.05, 4.69) is 18.0 Å². The molecule has 0 aliphatic heterocycles. The number of unbranched alkanes of at least 4 members (excludes halogenated alkanes) is 9. The summed E-state index contributed by atoms with van der Waals surface area (Å²) >= 11 is 0. The summed E-state index contributed by atoms with van der Waals surface area (Å²) in [5.74, 6) is 0. The van der Waals surface area contributed by atoms with E-state index in [0.717, 1.165) is 0 Å². The Morgan fingerprint density at radius 2 is 1.43 bits per heavy atom. The van der Waals surface area contributed by atoms with Gasteiger partial charge < -0.3 is 4.98 Å². The number of aromatic amines is 1. The van der Waals surface area contributed by atoms with Gasteiger partial charge >= 0.3 is 0 Å². The minimum Gasteiger partial charge on any atom is -0.362 e. The topological polar surface area (TPSA) is 15.8 Å². The minimum atomic E-state index is 1.27. The van der Waals surface area contributed by atoms with Gasteiger partial charge in [0.05, 0.1) is 0 Å². The third kappa shape index (κ3) is 6.28. The average molecular weight is 290 g/mol. The zero-order valence-corrected chi connectivity index (χ0v) is 14.2. The van der Waals surface area contributed by atoms with Gasteiger partial charge in [0.2, 0.25) is 0 Å². The Kier molecular flexibility index (Phi) is 7.99. The fourth-order valence-corrected chi connectivity index (χ4v) is 3.61. The number of H-pyrrole nitrogens is 1. The molecule has 2 rings (SSSR count). The van der Waals surface area contributed by atoms with Gasteiger partial charge in [0.25, 0.3) is 0 Å². The van der Waals surface area contributed by atoms with Gasteiger partial charge in [0.15, 0.2) is 0 Å². The average Bonchev–Trinajstić information content (AvgIpc) is 2.92. The number of aryl methyl sites for hydroxylation is 3. The second-order valence-electron chi connectivity index (χ2n) is 6.94. The van der Waals surface area contributed by atoms with Crippen LogP contribution in [0.4, 0.5) is 0 Å². The quantitative estimate of drug-likeness (QED) is 0.456. The number of rotatable bonds is 11. The molecule has 0 saturated heterocycles. The molecule has 1 aromatic heterocycles. The fraction of sp³-hybridized carbons (Fsp3) is 0.800. The van der Waals surface area contributed by atoms with Crippen LogP contribution in [-0.4, -0.2) is 4.98 Å². The first-order chi connectivity index (χ1) is 10.4. The summed E-state index contributed by atoms with van der Waals surface area (Å²) in [6.45, 7) is 2.29. The van der Waals surface area contributed by atoms with Crippen molar-refractivity contribution in [1.82, 2.24) is 4.98 Å². The second kappa shape index (κ2) is 10.1. The third-order valence-corrected chi connectivity index (χ3v) is 4.97. The van der Waals surface area contributed by atoms with Crippen molar-refractivity contribution in [3.63, 3.8) is 0 Å². The molecule has 0 radical (unpaired) electrons. The van der Waals surface area contributed by atoms with Crippen molar-refractivity contribution in [3.8, 4) is 0 Å². The fourth-order valence-electron chi connectivity index (χ4n) is 3.61. The monoisotopic (exact) mass is 289 g/mol. The molecular formula is C20H35N. The number of hydrogen-bond donors (Lipinski definition) is 1. The second-order valence-corrected chi connectivity index (χ2v) is 6.94. The van der Waals surface area contributed by atoms with E-state index < -0.39 is 0 Å². The first-order valence-electron chi connectivity index (χ1n) is 9.60. The van der Waals surface area contributed by atoms with Crippen molar-refractivity contribution in [3.05, 3.63) is 23.0 Å². The molecule has 1 aliphatic rings. The lowest BCUT2D eigenvalue weighted by molar-refractivity contribution is 0.555. The number of nitrogens with one attached hydrogen (secondary N) is 1. The highest BCUT2D eigenvalue weighted by Gasteiger charge is 2.11. The third-order valence-electron chi connectivity index (χ3n) is 4.97. The maximum absolute atomic E-state index is 3.66. The van der Waals surface area contributed by atoms with Gasteiger partial charge in [-0.3, -0.25) is 0 Å². The molecule has 1 heterocycles. The lowest BCUT2D eigenvalue weighted by Crippen LogP contribution is -1.99. The normalized spacial score (nSPS) is 14.3. The summed E-state index contributed by atoms with van der Waals surface area (Å²) in [6, 6.07) is 2.45. The van der Waals surface area contributed by atoms with Gasteiger partial charge in [0.1, 0.15) is 0 Å². The summed E-state index contributed by atoms with van der Waals surface area (Å²) in [4.78, 5) is 3.66. The summed E-state index contributed by atoms with van der Waals surface area (Å²) in [5, 5.41) is 0. The summed E-state index contributed by atoms with van der Waals surface area (Å²) < 4.78 is 0. The van der Waals surface area contributed by atoms with Crippen LogP contribution >= 0.6 is 0 Å². The lowest BCUT2D eigenvalue weighted by Gasteiger charge is -2.09. The van der Waals surface area contributed by atoms with Crippen LogP contribution < -0.4 is 0 Å². The number of fused-ring (bicyclic) bond motifs is 1. The Morgan fingerprint density at radius 1 is 0.810 bits per heavy atom. The van der Waals surface area contributed by atoms with Crippen LogP contribution in [0.25, 0.3) is 0 Å². The maximum Gasteiger partial charge on any atom is 0.0181 e. The first kappa shape index (κ1) is 16.6. The molecule has 0 fully saturated rings. The maximum atomic E-state index is 3.66. The molecule has 1 heteroatoms. The highest BCUT2D eigenvalue weighted by Crippen LogP contribution is 2.22. The van der Waals surface area contributed by atoms with Crippen molar-refractivity contribution >= 4 is 0 Å². The van der Waals surface area contributed by atoms with Gasteiger partial charge in [-0.1, -0.05) is 64.7 Å². The molecule has 0 amide bonds. The summed E-state index contributed by atoms with van der Waals surface area (Å²) in [7, 11) is 0. The molecule has 1 aromatic rings. The van der Waals surface area contributed by atoms with Crippen LogP contribution in [0.5, 0.6) is 0 Å². The zero-order valence-electron chi connectivity index (χ0n) is 14.2. The van der Waals surface area contributed by atoms with Gasteiger partial charge in [0, 0.05) is 11.4 Å². The first-order valence-corrected chi connectivity index (χ1v) is 9.60. The molecule has 21 heavy (non-hydrogen) atoms. The highest BCUT2D eigenvalue weighted by atomic mass is 14.7. The van der Waals surface area contributed by atoms with Crippen LogP contribution in [0.2, 0.25) is 0 Å². The van der Waals surface area contributed by atoms with Crippen molar-refractivity contribution in [2.75, 3.05) is 0 Å². The number of hydrogen-bond acceptors (Lipinski definition) is 0. The Bertz CT molecular complexity index is 354. The minimum absolute atomic E-state index is 1.27. The SMILES string of the molecule is CCCCCCCCCCCCc1cc2c([nH]1)CCCC2. The Morgan fingerprint density at radius 3 is 2.10 bits per heavy atom. The predicted molar refractivity (Wildman–Crippen MR) is 93.0 cm³/mol. The van der Waals surface area contributed by atoms with Crippen LogP contribution in [-0.2, 0) is 19.3 Å². The van der Waals surface area contributed by atoms with Crippen LogP contribution in [0, 0.1) is 0 Å². The van der Waals surface area contributed by atoms with E-state index in [0.29, 0.717) is 0 Å². The molecule has 0 spiro atoms. The van der Waals surface area contributed by atoms with Crippen LogP contribution in [0.1, 0.15) is 101 Å². The zero-order chi connectivity index (χ0) is 14.8. The molecule has 1 N–H and O–H groups in total. The van der Waals surface area contributed by atoms with Gasteiger partial charge in [-0.25, -0.2) is 0 Å². The highest BCUT2D eigenvalue weighted by molar-refractivity contribution is 5.28. The van der Waals surface area contributed by atoms with E-state index in [-0.39, 0.29) is 0 Å². The predicted octanol–water partition coefficient (Wildman–Crippen LogP) is 6.36. The van der Waals surface area contributed by atoms with E-state index in [9.17, 15) is 0 Å². The Hall–Kier alpha value is -0.720. The standard InChI is InChI=1S/C20H35N/c1-2-3-4-5-6-7-8-9-10-11-15-19-17-18-14-12-13-16-20(18)21-19/h17,21H,2-16H2,1H3. The van der Waals surface area contributed by atoms with Crippen molar-refractivity contribution in [2.45, 2.75) is 103 Å². The molecule has 0 atom stereocenters. The molecule has 0 unspecified atom stereocenters. The Balaban J connectivity index is 1.45. The van der Waals surface area contributed by atoms with E-state index in [1.165, 1.54) is 102 Å². The van der Waals surface area contributed by atoms with Crippen molar-refractivity contribution in [1.29, 1.82) is 0 Å². The van der Waals surface area contributed by atoms with Gasteiger partial charge in [-0.2, -0.15) is 0 Å². The molecule has 0 bridgehead atoms. The molecule has 0 saturated carbocycles. The summed E-state index contributed by atoms with van der Waals surface area (Å²) in [5.41, 5.74) is 4.66. The largest absolute Gasteiger partial charge is 0.362 e. The Labute approximate surface area is 131 Å². The van der Waals surface area contributed by atoms with E-state index in [1.807, 2.05) is 0 Å². The lowest BCUT2D eigenvalue weighted by atomic mass is 9.98. The smallest absolute Gasteiger partial charge is 0.0181 e. The van der Waals surface area contributed by atoms with E-state index in [1.54, 1.807) is 11.3 Å². The van der Waals surface area contributed by atoms with Crippen molar-refractivity contribution in [2.24, 2.45) is 0 Å². The summed E-state index contributed by atoms with van der Waals surface area (Å²) in [6.07, 6.45) is 20.9. The number of aromatic nitrogens is 1. The van der Waals surface area contributed by atoms with Gasteiger partial charge in [-0.05, 0) is 50.2 Å². The molecular weight excluding hydrogens is 254 g/mol. The molecule has 1 nitrogen and oxygen atoms in total. The molecule has 120 valence electrons. The van der Waals surface area contributed by atoms with E-state index >= 15 is 0 Å². The van der Waals surface area contributed by atoms with E-state index in [4.69, 9.17) is 0 Å².